The Morgan fingerprint density at radius 3 is 2.27 bits per heavy atom. The predicted molar refractivity (Wildman–Crippen MR) is 126 cm³/mol. The fourth-order valence-corrected chi connectivity index (χ4v) is 4.09. The second-order valence-electron chi connectivity index (χ2n) is 7.12. The second kappa shape index (κ2) is 9.58. The Morgan fingerprint density at radius 2 is 1.64 bits per heavy atom. The molecule has 9 heteroatoms. The van der Waals surface area contributed by atoms with Gasteiger partial charge < -0.3 is 20.1 Å². The van der Waals surface area contributed by atoms with Crippen LogP contribution in [0.2, 0.25) is 0 Å². The van der Waals surface area contributed by atoms with Crippen LogP contribution in [0.15, 0.2) is 65.7 Å². The van der Waals surface area contributed by atoms with Gasteiger partial charge in [-0.1, -0.05) is 12.1 Å². The van der Waals surface area contributed by atoms with Crippen LogP contribution in [0.4, 0.5) is 10.5 Å². The first-order chi connectivity index (χ1) is 16.0. The zero-order chi connectivity index (χ0) is 23.4. The Labute approximate surface area is 194 Å². The van der Waals surface area contributed by atoms with Gasteiger partial charge in [-0.05, 0) is 65.0 Å². The molecular formula is C24H21N3O5S. The van der Waals surface area contributed by atoms with E-state index in [1.807, 2.05) is 35.7 Å². The number of nitrogens with one attached hydrogen (secondary N) is 2. The standard InChI is InChI=1S/C24H21N3O5S/c1-31-18-7-3-15(4-8-18)16-11-20(33-14-16)12-21-23(29)27(24(30)26-21)13-22(28)25-17-5-9-19(32-2)10-6-17/h3-12,14H,13H2,1-2H3,(H,25,28)(H,26,30). The molecule has 3 aromatic rings. The molecule has 33 heavy (non-hydrogen) atoms. The summed E-state index contributed by atoms with van der Waals surface area (Å²) >= 11 is 1.45. The number of carbonyl (C=O) groups excluding carboxylic acids is 3. The van der Waals surface area contributed by atoms with Crippen LogP contribution >= 0.6 is 11.3 Å². The van der Waals surface area contributed by atoms with Gasteiger partial charge in [0.2, 0.25) is 5.91 Å². The molecule has 0 aliphatic carbocycles. The number of hydrogen-bond acceptors (Lipinski definition) is 6. The molecule has 168 valence electrons. The third-order valence-corrected chi connectivity index (χ3v) is 5.85. The summed E-state index contributed by atoms with van der Waals surface area (Å²) in [6, 6.07) is 15.7. The lowest BCUT2D eigenvalue weighted by atomic mass is 10.1. The number of thiophene rings is 1. The molecular weight excluding hydrogens is 442 g/mol. The van der Waals surface area contributed by atoms with Gasteiger partial charge in [-0.25, -0.2) is 9.69 Å². The minimum Gasteiger partial charge on any atom is -0.497 e. The molecule has 0 bridgehead atoms. The molecule has 4 rings (SSSR count). The fraction of sp³-hybridized carbons (Fsp3) is 0.125. The highest BCUT2D eigenvalue weighted by Gasteiger charge is 2.35. The Bertz CT molecular complexity index is 1220. The number of hydrogen-bond donors (Lipinski definition) is 2. The quantitative estimate of drug-likeness (QED) is 0.408. The molecule has 4 amide bonds. The Kier molecular flexibility index (Phi) is 6.41. The summed E-state index contributed by atoms with van der Waals surface area (Å²) in [6.07, 6.45) is 1.61. The van der Waals surface area contributed by atoms with E-state index >= 15 is 0 Å². The van der Waals surface area contributed by atoms with Gasteiger partial charge in [-0.3, -0.25) is 9.59 Å². The van der Waals surface area contributed by atoms with Crippen molar-refractivity contribution in [3.8, 4) is 22.6 Å². The lowest BCUT2D eigenvalue weighted by Crippen LogP contribution is -2.38. The van der Waals surface area contributed by atoms with Crippen molar-refractivity contribution in [2.24, 2.45) is 0 Å². The smallest absolute Gasteiger partial charge is 0.329 e. The maximum atomic E-state index is 12.7. The van der Waals surface area contributed by atoms with Crippen molar-refractivity contribution in [3.05, 3.63) is 70.6 Å². The van der Waals surface area contributed by atoms with Crippen LogP contribution in [0.25, 0.3) is 17.2 Å². The van der Waals surface area contributed by atoms with Crippen molar-refractivity contribution in [3.63, 3.8) is 0 Å². The van der Waals surface area contributed by atoms with Gasteiger partial charge in [-0.15, -0.1) is 11.3 Å². The first-order valence-electron chi connectivity index (χ1n) is 9.98. The summed E-state index contributed by atoms with van der Waals surface area (Å²) in [5, 5.41) is 7.17. The van der Waals surface area contributed by atoms with Gasteiger partial charge in [0.1, 0.15) is 23.7 Å². The molecule has 2 aromatic carbocycles. The van der Waals surface area contributed by atoms with Gasteiger partial charge in [-0.2, -0.15) is 0 Å². The number of methoxy groups -OCH3 is 2. The Hall–Kier alpha value is -4.11. The van der Waals surface area contributed by atoms with Crippen LogP contribution in [-0.2, 0) is 9.59 Å². The molecule has 0 unspecified atom stereocenters. The van der Waals surface area contributed by atoms with Crippen LogP contribution in [0.3, 0.4) is 0 Å². The van der Waals surface area contributed by atoms with E-state index in [0.29, 0.717) is 11.4 Å². The molecule has 1 aliphatic heterocycles. The van der Waals surface area contributed by atoms with Crippen molar-refractivity contribution in [2.75, 3.05) is 26.1 Å². The SMILES string of the molecule is COc1ccc(NC(=O)CN2C(=O)NC(=Cc3cc(-c4ccc(OC)cc4)cs3)C2=O)cc1. The molecule has 1 fully saturated rings. The van der Waals surface area contributed by atoms with Gasteiger partial charge >= 0.3 is 6.03 Å². The van der Waals surface area contributed by atoms with E-state index in [1.165, 1.54) is 11.3 Å². The number of imide groups is 1. The highest BCUT2D eigenvalue weighted by Crippen LogP contribution is 2.29. The van der Waals surface area contributed by atoms with E-state index in [0.717, 1.165) is 26.7 Å². The summed E-state index contributed by atoms with van der Waals surface area (Å²) in [6.45, 7) is -0.393. The number of amides is 4. The third-order valence-electron chi connectivity index (χ3n) is 4.97. The zero-order valence-electron chi connectivity index (χ0n) is 18.0. The number of ether oxygens (including phenoxy) is 2. The maximum absolute atomic E-state index is 12.7. The van der Waals surface area contributed by atoms with E-state index < -0.39 is 24.4 Å². The number of benzene rings is 2. The monoisotopic (exact) mass is 463 g/mol. The number of carbonyl (C=O) groups is 3. The first kappa shape index (κ1) is 22.1. The van der Waals surface area contributed by atoms with Crippen LogP contribution in [0, 0.1) is 0 Å². The number of nitrogens with zero attached hydrogens (tertiary/aromatic N) is 1. The summed E-state index contributed by atoms with van der Waals surface area (Å²) in [7, 11) is 3.16. The molecule has 0 radical (unpaired) electrons. The van der Waals surface area contributed by atoms with Crippen molar-refractivity contribution in [1.29, 1.82) is 0 Å². The zero-order valence-corrected chi connectivity index (χ0v) is 18.8. The van der Waals surface area contributed by atoms with E-state index in [2.05, 4.69) is 10.6 Å². The van der Waals surface area contributed by atoms with Crippen molar-refractivity contribution >= 4 is 40.9 Å². The van der Waals surface area contributed by atoms with E-state index in [9.17, 15) is 14.4 Å². The molecule has 2 N–H and O–H groups in total. The molecule has 2 heterocycles. The highest BCUT2D eigenvalue weighted by atomic mass is 32.1. The number of rotatable bonds is 7. The molecule has 0 saturated carbocycles. The van der Waals surface area contributed by atoms with Gasteiger partial charge in [0.15, 0.2) is 0 Å². The first-order valence-corrected chi connectivity index (χ1v) is 10.9. The summed E-state index contributed by atoms with van der Waals surface area (Å²) in [5.74, 6) is 0.388. The molecule has 1 aromatic heterocycles. The van der Waals surface area contributed by atoms with Crippen LogP contribution < -0.4 is 20.1 Å². The lowest BCUT2D eigenvalue weighted by molar-refractivity contribution is -0.127. The van der Waals surface area contributed by atoms with E-state index in [1.54, 1.807) is 44.6 Å². The van der Waals surface area contributed by atoms with E-state index in [-0.39, 0.29) is 5.70 Å². The molecule has 0 spiro atoms. The van der Waals surface area contributed by atoms with Gasteiger partial charge in [0.25, 0.3) is 5.91 Å². The molecule has 8 nitrogen and oxygen atoms in total. The molecule has 1 aliphatic rings. The maximum Gasteiger partial charge on any atom is 0.329 e. The van der Waals surface area contributed by atoms with Crippen LogP contribution in [-0.4, -0.2) is 43.5 Å². The minimum absolute atomic E-state index is 0.125. The summed E-state index contributed by atoms with van der Waals surface area (Å²) in [5.41, 5.74) is 2.66. The van der Waals surface area contributed by atoms with Crippen LogP contribution in [0.5, 0.6) is 11.5 Å². The largest absolute Gasteiger partial charge is 0.497 e. The van der Waals surface area contributed by atoms with E-state index in [4.69, 9.17) is 9.47 Å². The normalized spacial score (nSPS) is 14.4. The topological polar surface area (TPSA) is 97.0 Å². The third kappa shape index (κ3) is 5.04. The van der Waals surface area contributed by atoms with Crippen molar-refractivity contribution in [2.45, 2.75) is 0 Å². The number of urea groups is 1. The second-order valence-corrected chi connectivity index (χ2v) is 8.07. The van der Waals surface area contributed by atoms with Gasteiger partial charge in [0.05, 0.1) is 14.2 Å². The van der Waals surface area contributed by atoms with Crippen molar-refractivity contribution < 1.29 is 23.9 Å². The molecule has 1 saturated heterocycles. The Morgan fingerprint density at radius 1 is 1.00 bits per heavy atom. The summed E-state index contributed by atoms with van der Waals surface area (Å²) < 4.78 is 10.3. The Balaban J connectivity index is 1.42. The van der Waals surface area contributed by atoms with Crippen LogP contribution in [0.1, 0.15) is 4.88 Å². The number of anilines is 1. The fourth-order valence-electron chi connectivity index (χ4n) is 3.24. The minimum atomic E-state index is -0.636. The average Bonchev–Trinajstić information content (AvgIpc) is 3.40. The summed E-state index contributed by atoms with van der Waals surface area (Å²) in [4.78, 5) is 39.0. The predicted octanol–water partition coefficient (Wildman–Crippen LogP) is 3.96. The lowest BCUT2D eigenvalue weighted by Gasteiger charge is -2.12. The average molecular weight is 464 g/mol. The van der Waals surface area contributed by atoms with Crippen molar-refractivity contribution in [1.82, 2.24) is 10.2 Å². The highest BCUT2D eigenvalue weighted by molar-refractivity contribution is 7.11. The molecule has 0 atom stereocenters. The van der Waals surface area contributed by atoms with Gasteiger partial charge in [0, 0.05) is 10.6 Å².